The van der Waals surface area contributed by atoms with E-state index < -0.39 is 0 Å². The molecule has 0 saturated heterocycles. The summed E-state index contributed by atoms with van der Waals surface area (Å²) in [6.45, 7) is 5.82. The van der Waals surface area contributed by atoms with Crippen molar-refractivity contribution in [3.05, 3.63) is 24.5 Å². The van der Waals surface area contributed by atoms with Crippen LogP contribution < -0.4 is 0 Å². The zero-order chi connectivity index (χ0) is 9.40. The molecule has 0 amide bonds. The van der Waals surface area contributed by atoms with Gasteiger partial charge >= 0.3 is 0 Å². The molecule has 0 rings (SSSR count). The standard InChI is InChI=1S/C10H18O2/c1-4-6-10(11)7-5-8-12-9(2)3/h4-6,8-11H,7H2,1-3H3. The average Bonchev–Trinajstić information content (AvgIpc) is 1.98. The van der Waals surface area contributed by atoms with E-state index >= 15 is 0 Å². The molecule has 0 aliphatic rings. The molecule has 0 radical (unpaired) electrons. The molecule has 0 heterocycles. The summed E-state index contributed by atoms with van der Waals surface area (Å²) >= 11 is 0. The maximum atomic E-state index is 9.22. The second-order valence-electron chi connectivity index (χ2n) is 2.89. The van der Waals surface area contributed by atoms with Gasteiger partial charge in [0, 0.05) is 0 Å². The first-order chi connectivity index (χ1) is 5.66. The highest BCUT2D eigenvalue weighted by Gasteiger charge is 1.93. The van der Waals surface area contributed by atoms with E-state index in [0.717, 1.165) is 0 Å². The van der Waals surface area contributed by atoms with Crippen molar-refractivity contribution in [1.29, 1.82) is 0 Å². The van der Waals surface area contributed by atoms with Gasteiger partial charge in [-0.25, -0.2) is 0 Å². The van der Waals surface area contributed by atoms with Crippen molar-refractivity contribution in [3.63, 3.8) is 0 Å². The second kappa shape index (κ2) is 6.92. The Morgan fingerprint density at radius 2 is 2.08 bits per heavy atom. The third kappa shape index (κ3) is 7.35. The predicted molar refractivity (Wildman–Crippen MR) is 50.8 cm³/mol. The third-order valence-electron chi connectivity index (χ3n) is 1.24. The molecule has 1 atom stereocenters. The van der Waals surface area contributed by atoms with E-state index in [4.69, 9.17) is 4.74 Å². The first kappa shape index (κ1) is 11.2. The topological polar surface area (TPSA) is 29.5 Å². The molecule has 0 aromatic heterocycles. The zero-order valence-electron chi connectivity index (χ0n) is 8.03. The maximum Gasteiger partial charge on any atom is 0.0922 e. The smallest absolute Gasteiger partial charge is 0.0922 e. The largest absolute Gasteiger partial charge is 0.499 e. The molecule has 0 aliphatic carbocycles. The molecule has 0 aromatic rings. The van der Waals surface area contributed by atoms with Gasteiger partial charge in [-0.05, 0) is 33.3 Å². The van der Waals surface area contributed by atoms with E-state index in [2.05, 4.69) is 0 Å². The van der Waals surface area contributed by atoms with Gasteiger partial charge in [0.15, 0.2) is 0 Å². The summed E-state index contributed by atoms with van der Waals surface area (Å²) in [4.78, 5) is 0. The van der Waals surface area contributed by atoms with E-state index in [-0.39, 0.29) is 12.2 Å². The molecule has 1 N–H and O–H groups in total. The maximum absolute atomic E-state index is 9.22. The molecule has 2 nitrogen and oxygen atoms in total. The van der Waals surface area contributed by atoms with E-state index in [9.17, 15) is 5.11 Å². The average molecular weight is 170 g/mol. The van der Waals surface area contributed by atoms with Crippen molar-refractivity contribution in [3.8, 4) is 0 Å². The van der Waals surface area contributed by atoms with Crippen LogP contribution >= 0.6 is 0 Å². The Morgan fingerprint density at radius 3 is 2.58 bits per heavy atom. The Bertz CT molecular complexity index is 148. The van der Waals surface area contributed by atoms with Gasteiger partial charge in [-0.3, -0.25) is 0 Å². The fourth-order valence-corrected chi connectivity index (χ4v) is 0.708. The third-order valence-corrected chi connectivity index (χ3v) is 1.24. The van der Waals surface area contributed by atoms with Gasteiger partial charge in [0.2, 0.25) is 0 Å². The SMILES string of the molecule is CC=CC(O)CC=COC(C)C. The van der Waals surface area contributed by atoms with Crippen LogP contribution in [0.1, 0.15) is 27.2 Å². The van der Waals surface area contributed by atoms with Crippen molar-refractivity contribution in [2.75, 3.05) is 0 Å². The van der Waals surface area contributed by atoms with E-state index in [1.165, 1.54) is 0 Å². The van der Waals surface area contributed by atoms with Gasteiger partial charge in [-0.15, -0.1) is 0 Å². The van der Waals surface area contributed by atoms with Gasteiger partial charge in [0.25, 0.3) is 0 Å². The molecule has 0 spiro atoms. The van der Waals surface area contributed by atoms with Crippen LogP contribution in [0.25, 0.3) is 0 Å². The van der Waals surface area contributed by atoms with Gasteiger partial charge < -0.3 is 9.84 Å². The molecular weight excluding hydrogens is 152 g/mol. The highest BCUT2D eigenvalue weighted by Crippen LogP contribution is 1.96. The summed E-state index contributed by atoms with van der Waals surface area (Å²) < 4.78 is 5.15. The normalized spacial score (nSPS) is 14.8. The van der Waals surface area contributed by atoms with Crippen LogP contribution in [0.15, 0.2) is 24.5 Å². The van der Waals surface area contributed by atoms with Crippen molar-refractivity contribution < 1.29 is 9.84 Å². The highest BCUT2D eigenvalue weighted by molar-refractivity contribution is 4.90. The lowest BCUT2D eigenvalue weighted by molar-refractivity contribution is 0.175. The summed E-state index contributed by atoms with van der Waals surface area (Å²) in [6, 6.07) is 0. The Labute approximate surface area is 74.6 Å². The van der Waals surface area contributed by atoms with Crippen LogP contribution in [0.2, 0.25) is 0 Å². The minimum absolute atomic E-state index is 0.208. The zero-order valence-corrected chi connectivity index (χ0v) is 8.03. The highest BCUT2D eigenvalue weighted by atomic mass is 16.5. The number of hydrogen-bond donors (Lipinski definition) is 1. The van der Waals surface area contributed by atoms with E-state index in [1.54, 1.807) is 12.3 Å². The lowest BCUT2D eigenvalue weighted by atomic mass is 10.2. The minimum atomic E-state index is -0.387. The van der Waals surface area contributed by atoms with E-state index in [1.807, 2.05) is 32.9 Å². The summed E-state index contributed by atoms with van der Waals surface area (Å²) in [6.07, 6.45) is 7.47. The van der Waals surface area contributed by atoms with Gasteiger partial charge in [0.05, 0.1) is 18.5 Å². The number of hydrogen-bond acceptors (Lipinski definition) is 2. The lowest BCUT2D eigenvalue weighted by Crippen LogP contribution is -2.00. The molecule has 1 unspecified atom stereocenters. The second-order valence-corrected chi connectivity index (χ2v) is 2.89. The predicted octanol–water partition coefficient (Wildman–Crippen LogP) is 2.25. The van der Waals surface area contributed by atoms with Gasteiger partial charge in [0.1, 0.15) is 0 Å². The molecular formula is C10H18O2. The summed E-state index contributed by atoms with van der Waals surface area (Å²) in [5.41, 5.74) is 0. The molecule has 0 aromatic carbocycles. The van der Waals surface area contributed by atoms with Crippen LogP contribution in [0, 0.1) is 0 Å². The first-order valence-electron chi connectivity index (χ1n) is 4.28. The number of allylic oxidation sites excluding steroid dienone is 1. The number of aliphatic hydroxyl groups is 1. The van der Waals surface area contributed by atoms with Crippen molar-refractivity contribution in [2.45, 2.75) is 39.4 Å². The Kier molecular flexibility index (Phi) is 6.48. The summed E-state index contributed by atoms with van der Waals surface area (Å²) in [7, 11) is 0. The van der Waals surface area contributed by atoms with Crippen molar-refractivity contribution in [2.24, 2.45) is 0 Å². The fourth-order valence-electron chi connectivity index (χ4n) is 0.708. The van der Waals surface area contributed by atoms with Crippen LogP contribution in [0.4, 0.5) is 0 Å². The minimum Gasteiger partial charge on any atom is -0.499 e. The molecule has 0 bridgehead atoms. The number of rotatable bonds is 5. The van der Waals surface area contributed by atoms with Crippen LogP contribution in [-0.4, -0.2) is 17.3 Å². The molecule has 2 heteroatoms. The summed E-state index contributed by atoms with van der Waals surface area (Å²) in [5.74, 6) is 0. The van der Waals surface area contributed by atoms with E-state index in [0.29, 0.717) is 6.42 Å². The quantitative estimate of drug-likeness (QED) is 0.506. The molecule has 0 fully saturated rings. The molecule has 0 saturated carbocycles. The Balaban J connectivity index is 3.46. The fraction of sp³-hybridized carbons (Fsp3) is 0.600. The van der Waals surface area contributed by atoms with Crippen molar-refractivity contribution >= 4 is 0 Å². The van der Waals surface area contributed by atoms with Crippen LogP contribution in [0.5, 0.6) is 0 Å². The number of aliphatic hydroxyl groups excluding tert-OH is 1. The first-order valence-corrected chi connectivity index (χ1v) is 4.28. The number of ether oxygens (including phenoxy) is 1. The van der Waals surface area contributed by atoms with Gasteiger partial charge in [-0.2, -0.15) is 0 Å². The van der Waals surface area contributed by atoms with Crippen LogP contribution in [-0.2, 0) is 4.74 Å². The van der Waals surface area contributed by atoms with Crippen molar-refractivity contribution in [1.82, 2.24) is 0 Å². The Morgan fingerprint density at radius 1 is 1.42 bits per heavy atom. The lowest BCUT2D eigenvalue weighted by Gasteiger charge is -2.03. The van der Waals surface area contributed by atoms with Crippen LogP contribution in [0.3, 0.4) is 0 Å². The summed E-state index contributed by atoms with van der Waals surface area (Å²) in [5, 5.41) is 9.22. The Hall–Kier alpha value is -0.760. The van der Waals surface area contributed by atoms with Gasteiger partial charge in [-0.1, -0.05) is 12.2 Å². The monoisotopic (exact) mass is 170 g/mol. The molecule has 70 valence electrons. The molecule has 0 aliphatic heterocycles. The molecule has 12 heavy (non-hydrogen) atoms.